The Kier molecular flexibility index (Phi) is 5.66. The summed E-state index contributed by atoms with van der Waals surface area (Å²) >= 11 is 0. The van der Waals surface area contributed by atoms with Crippen LogP contribution in [0.1, 0.15) is 32.1 Å². The fourth-order valence-corrected chi connectivity index (χ4v) is 5.92. The van der Waals surface area contributed by atoms with E-state index in [1.54, 1.807) is 0 Å². The summed E-state index contributed by atoms with van der Waals surface area (Å²) in [6.45, 7) is 1.52. The van der Waals surface area contributed by atoms with E-state index in [2.05, 4.69) is 10.0 Å². The van der Waals surface area contributed by atoms with Gasteiger partial charge in [0.15, 0.2) is 0 Å². The molecule has 144 valence electrons. The molecule has 2 aliphatic heterocycles. The number of hydrogen-bond donors (Lipinski definition) is 2. The fourth-order valence-electron chi connectivity index (χ4n) is 3.18. The lowest BCUT2D eigenvalue weighted by atomic mass is 10.1. The Morgan fingerprint density at radius 2 is 1.54 bits per heavy atom. The van der Waals surface area contributed by atoms with E-state index >= 15 is 0 Å². The second-order valence-corrected chi connectivity index (χ2v) is 10.2. The summed E-state index contributed by atoms with van der Waals surface area (Å²) in [5, 5.41) is 2.68. The third-order valence-electron chi connectivity index (χ3n) is 4.67. The van der Waals surface area contributed by atoms with Crippen molar-refractivity contribution in [1.82, 2.24) is 14.3 Å². The average molecular weight is 402 g/mol. The highest BCUT2D eigenvalue weighted by Gasteiger charge is 2.29. The highest BCUT2D eigenvalue weighted by molar-refractivity contribution is 7.89. The molecular formula is C16H23N3O5S2. The maximum atomic E-state index is 12.5. The van der Waals surface area contributed by atoms with E-state index in [0.717, 1.165) is 25.7 Å². The first-order valence-electron chi connectivity index (χ1n) is 8.71. The summed E-state index contributed by atoms with van der Waals surface area (Å²) in [5.74, 6) is -0.334. The van der Waals surface area contributed by atoms with Crippen molar-refractivity contribution in [3.63, 3.8) is 0 Å². The van der Waals surface area contributed by atoms with Crippen LogP contribution >= 0.6 is 0 Å². The minimum Gasteiger partial charge on any atom is -0.355 e. The monoisotopic (exact) mass is 401 g/mol. The molecule has 3 rings (SSSR count). The van der Waals surface area contributed by atoms with Crippen molar-refractivity contribution < 1.29 is 21.6 Å². The molecule has 2 aliphatic rings. The number of sulfonamides is 2. The van der Waals surface area contributed by atoms with Crippen molar-refractivity contribution in [2.75, 3.05) is 19.6 Å². The van der Waals surface area contributed by atoms with Crippen LogP contribution in [0.3, 0.4) is 0 Å². The first-order chi connectivity index (χ1) is 12.3. The number of hydrogen-bond acceptors (Lipinski definition) is 5. The second-order valence-electron chi connectivity index (χ2n) is 6.54. The summed E-state index contributed by atoms with van der Waals surface area (Å²) in [7, 11) is -7.50. The van der Waals surface area contributed by atoms with Crippen LogP contribution in [0, 0.1) is 0 Å². The van der Waals surface area contributed by atoms with Crippen molar-refractivity contribution in [3.8, 4) is 0 Å². The van der Waals surface area contributed by atoms with E-state index in [4.69, 9.17) is 0 Å². The van der Waals surface area contributed by atoms with Gasteiger partial charge in [0.05, 0.1) is 9.79 Å². The number of carbonyl (C=O) groups is 1. The fraction of sp³-hybridized carbons (Fsp3) is 0.562. The quantitative estimate of drug-likeness (QED) is 0.742. The lowest BCUT2D eigenvalue weighted by Gasteiger charge is -2.17. The van der Waals surface area contributed by atoms with Gasteiger partial charge < -0.3 is 5.32 Å². The van der Waals surface area contributed by atoms with E-state index in [-0.39, 0.29) is 15.7 Å². The van der Waals surface area contributed by atoms with Gasteiger partial charge >= 0.3 is 0 Å². The molecule has 2 fully saturated rings. The van der Waals surface area contributed by atoms with Gasteiger partial charge in [0.2, 0.25) is 26.0 Å². The number of rotatable bonds is 5. The van der Waals surface area contributed by atoms with Gasteiger partial charge in [0, 0.05) is 19.6 Å². The van der Waals surface area contributed by atoms with E-state index < -0.39 is 26.1 Å². The predicted octanol–water partition coefficient (Wildman–Crippen LogP) is 0.418. The molecule has 0 spiro atoms. The summed E-state index contributed by atoms with van der Waals surface area (Å²) in [4.78, 5) is 11.9. The van der Waals surface area contributed by atoms with E-state index in [1.165, 1.54) is 28.6 Å². The van der Waals surface area contributed by atoms with Crippen molar-refractivity contribution in [2.24, 2.45) is 0 Å². The molecule has 2 saturated heterocycles. The van der Waals surface area contributed by atoms with Crippen molar-refractivity contribution in [1.29, 1.82) is 0 Å². The minimum absolute atomic E-state index is 0.0603. The smallest absolute Gasteiger partial charge is 0.243 e. The molecular weight excluding hydrogens is 378 g/mol. The molecule has 1 aromatic carbocycles. The molecule has 1 amide bonds. The Morgan fingerprint density at radius 1 is 0.923 bits per heavy atom. The highest BCUT2D eigenvalue weighted by atomic mass is 32.2. The van der Waals surface area contributed by atoms with E-state index in [0.29, 0.717) is 26.1 Å². The minimum atomic E-state index is -3.91. The largest absolute Gasteiger partial charge is 0.355 e. The number of nitrogens with zero attached hydrogens (tertiary/aromatic N) is 1. The molecule has 10 heteroatoms. The molecule has 0 bridgehead atoms. The zero-order valence-electron chi connectivity index (χ0n) is 14.3. The van der Waals surface area contributed by atoms with Crippen LogP contribution in [0.2, 0.25) is 0 Å². The van der Waals surface area contributed by atoms with Gasteiger partial charge in [0.1, 0.15) is 6.04 Å². The van der Waals surface area contributed by atoms with E-state index in [1.807, 2.05) is 0 Å². The van der Waals surface area contributed by atoms with Gasteiger partial charge in [-0.25, -0.2) is 16.8 Å². The lowest BCUT2D eigenvalue weighted by molar-refractivity contribution is -0.122. The molecule has 2 N–H and O–H groups in total. The summed E-state index contributed by atoms with van der Waals surface area (Å²) in [6, 6.07) is 4.32. The van der Waals surface area contributed by atoms with Gasteiger partial charge in [0.25, 0.3) is 0 Å². The second kappa shape index (κ2) is 7.63. The SMILES string of the molecule is O=C1NCCCC[C@H]1NS(=O)(=O)c1ccc(S(=O)(=O)N2CCCC2)cc1. The number of nitrogens with one attached hydrogen (secondary N) is 2. The van der Waals surface area contributed by atoms with Crippen molar-refractivity contribution >= 4 is 26.0 Å². The molecule has 0 unspecified atom stereocenters. The maximum absolute atomic E-state index is 12.5. The molecule has 0 saturated carbocycles. The third-order valence-corrected chi connectivity index (χ3v) is 8.07. The Bertz CT molecular complexity index is 860. The van der Waals surface area contributed by atoms with Crippen LogP contribution < -0.4 is 10.0 Å². The first kappa shape index (κ1) is 19.3. The maximum Gasteiger partial charge on any atom is 0.243 e. The highest BCUT2D eigenvalue weighted by Crippen LogP contribution is 2.22. The van der Waals surface area contributed by atoms with Crippen molar-refractivity contribution in [2.45, 2.75) is 47.9 Å². The molecule has 2 heterocycles. The van der Waals surface area contributed by atoms with Crippen LogP contribution in [0.25, 0.3) is 0 Å². The zero-order chi connectivity index (χ0) is 18.8. The first-order valence-corrected chi connectivity index (χ1v) is 11.6. The Hall–Kier alpha value is -1.49. The predicted molar refractivity (Wildman–Crippen MR) is 95.4 cm³/mol. The molecule has 26 heavy (non-hydrogen) atoms. The van der Waals surface area contributed by atoms with Gasteiger partial charge in [-0.05, 0) is 56.4 Å². The Balaban J connectivity index is 1.77. The van der Waals surface area contributed by atoms with Crippen molar-refractivity contribution in [3.05, 3.63) is 24.3 Å². The summed E-state index contributed by atoms with van der Waals surface area (Å²) in [5.41, 5.74) is 0. The van der Waals surface area contributed by atoms with Crippen LogP contribution in [0.5, 0.6) is 0 Å². The number of amides is 1. The van der Waals surface area contributed by atoms with Crippen LogP contribution in [-0.4, -0.2) is 52.7 Å². The molecule has 0 aromatic heterocycles. The van der Waals surface area contributed by atoms with Gasteiger partial charge in [-0.15, -0.1) is 0 Å². The van der Waals surface area contributed by atoms with Gasteiger partial charge in [-0.3, -0.25) is 4.79 Å². The van der Waals surface area contributed by atoms with Crippen LogP contribution in [-0.2, 0) is 24.8 Å². The van der Waals surface area contributed by atoms with Gasteiger partial charge in [-0.2, -0.15) is 9.03 Å². The summed E-state index contributed by atoms with van der Waals surface area (Å²) in [6.07, 6.45) is 3.66. The molecule has 8 nitrogen and oxygen atoms in total. The third kappa shape index (κ3) is 4.08. The normalized spacial score (nSPS) is 22.8. The summed E-state index contributed by atoms with van der Waals surface area (Å²) < 4.78 is 53.9. The van der Waals surface area contributed by atoms with Crippen LogP contribution in [0.4, 0.5) is 0 Å². The number of benzene rings is 1. The molecule has 0 aliphatic carbocycles. The lowest BCUT2D eigenvalue weighted by Crippen LogP contribution is -2.45. The zero-order valence-corrected chi connectivity index (χ0v) is 16.0. The molecule has 1 aromatic rings. The van der Waals surface area contributed by atoms with Crippen LogP contribution in [0.15, 0.2) is 34.1 Å². The molecule has 1 atom stereocenters. The standard InChI is InChI=1S/C16H23N3O5S2/c20-16-15(5-1-2-10-17-16)18-25(21,22)13-6-8-14(9-7-13)26(23,24)19-11-3-4-12-19/h6-9,15,18H,1-5,10-12H2,(H,17,20)/t15-/m1/s1. The molecule has 0 radical (unpaired) electrons. The van der Waals surface area contributed by atoms with Gasteiger partial charge in [-0.1, -0.05) is 0 Å². The van der Waals surface area contributed by atoms with E-state index in [9.17, 15) is 21.6 Å². The Morgan fingerprint density at radius 3 is 2.19 bits per heavy atom. The average Bonchev–Trinajstić information content (AvgIpc) is 3.09. The Labute approximate surface area is 154 Å². The number of carbonyl (C=O) groups excluding carboxylic acids is 1. The topological polar surface area (TPSA) is 113 Å².